The topological polar surface area (TPSA) is 68.6 Å². The quantitative estimate of drug-likeness (QED) is 0.0378. The van der Waals surface area contributed by atoms with E-state index in [1.807, 2.05) is 6.08 Å². The Morgan fingerprint density at radius 1 is 0.741 bits per heavy atom. The molecule has 0 unspecified atom stereocenters. The number of hydrogen-bond donors (Lipinski definition) is 0. The van der Waals surface area contributed by atoms with Crippen molar-refractivity contribution in [3.63, 3.8) is 0 Å². The first-order valence-corrected chi connectivity index (χ1v) is 23.2. The van der Waals surface area contributed by atoms with Crippen molar-refractivity contribution in [3.8, 4) is 6.07 Å². The van der Waals surface area contributed by atoms with Gasteiger partial charge in [-0.25, -0.2) is 0 Å². The number of benzene rings is 4. The van der Waals surface area contributed by atoms with Crippen LogP contribution in [0.15, 0.2) is 146 Å². The average molecular weight is 756 g/mol. The van der Waals surface area contributed by atoms with Gasteiger partial charge in [0.15, 0.2) is 0 Å². The van der Waals surface area contributed by atoms with Crippen LogP contribution >= 0.6 is 0 Å². The zero-order valence-corrected chi connectivity index (χ0v) is 34.9. The predicted molar refractivity (Wildman–Crippen MR) is 227 cm³/mol. The predicted octanol–water partition coefficient (Wildman–Crippen LogP) is 8.43. The second kappa shape index (κ2) is 18.4. The van der Waals surface area contributed by atoms with Crippen LogP contribution in [-0.2, 0) is 18.4 Å². The van der Waals surface area contributed by atoms with E-state index in [1.54, 1.807) is 6.08 Å². The first-order chi connectivity index (χ1) is 26.0. The summed E-state index contributed by atoms with van der Waals surface area (Å²) in [5, 5.41) is 13.5. The van der Waals surface area contributed by atoms with E-state index in [1.165, 1.54) is 20.7 Å². The highest BCUT2D eigenvalue weighted by molar-refractivity contribution is 7.00. The van der Waals surface area contributed by atoms with E-state index in [0.29, 0.717) is 19.3 Å². The molecule has 4 aromatic carbocycles. The first-order valence-electron chi connectivity index (χ1n) is 19.3. The van der Waals surface area contributed by atoms with Gasteiger partial charge in [-0.2, -0.15) is 5.26 Å². The van der Waals surface area contributed by atoms with Crippen LogP contribution in [0.5, 0.6) is 0 Å². The summed E-state index contributed by atoms with van der Waals surface area (Å²) < 4.78 is 22.6. The Kier molecular flexibility index (Phi) is 14.0. The van der Waals surface area contributed by atoms with Gasteiger partial charge in [0, 0.05) is 12.8 Å². The van der Waals surface area contributed by atoms with Gasteiger partial charge in [-0.15, -0.1) is 0 Å². The summed E-state index contributed by atoms with van der Waals surface area (Å²) in [6.07, 6.45) is 10.6. The highest BCUT2D eigenvalue weighted by atomic mass is 28.4. The normalized spacial score (nSPS) is 18.9. The second-order valence-electron chi connectivity index (χ2n) is 16.3. The van der Waals surface area contributed by atoms with E-state index in [0.717, 1.165) is 19.1 Å². The van der Waals surface area contributed by atoms with Crippen molar-refractivity contribution in [1.29, 1.82) is 5.26 Å². The molecule has 1 heterocycles. The smallest absolute Gasteiger partial charge is 0.261 e. The van der Waals surface area contributed by atoms with Crippen molar-refractivity contribution in [3.05, 3.63) is 146 Å². The number of nitriles is 1. The highest BCUT2D eigenvalue weighted by Gasteiger charge is 2.56. The Labute approximate surface area is 326 Å². The molecular weight excluding hydrogens is 699 g/mol. The molecule has 0 amide bonds. The van der Waals surface area contributed by atoms with Crippen LogP contribution in [0, 0.1) is 11.3 Å². The Balaban J connectivity index is 1.63. The summed E-state index contributed by atoms with van der Waals surface area (Å²) in [5.74, 6) is 0. The number of carbonyl (C=O) groups excluding carboxylic acids is 1. The van der Waals surface area contributed by atoms with E-state index >= 15 is 0 Å². The average Bonchev–Trinajstić information content (AvgIpc) is 3.58. The van der Waals surface area contributed by atoms with E-state index in [9.17, 15) is 4.79 Å². The Bertz CT molecular complexity index is 1770. The number of rotatable bonds is 16. The molecule has 4 atom stereocenters. The molecule has 0 spiro atoms. The van der Waals surface area contributed by atoms with Crippen LogP contribution in [0.1, 0.15) is 73.6 Å². The zero-order valence-electron chi connectivity index (χ0n) is 32.9. The van der Waals surface area contributed by atoms with Crippen LogP contribution in [0.4, 0.5) is 0 Å². The van der Waals surface area contributed by atoms with Gasteiger partial charge < -0.3 is 13.6 Å². The monoisotopic (exact) mass is 755 g/mol. The van der Waals surface area contributed by atoms with E-state index in [4.69, 9.17) is 18.9 Å². The molecule has 282 valence electrons. The lowest BCUT2D eigenvalue weighted by molar-refractivity contribution is -0.104. The molecule has 0 saturated carbocycles. The molecule has 1 aliphatic rings. The Hall–Kier alpha value is -4.17. The molecule has 0 aliphatic carbocycles. The molecule has 1 aliphatic heterocycles. The molecule has 0 aromatic heterocycles. The SMILES string of the molecule is CC(C)(C)[Si](O[C@H]1C[C@@H]([C@@H](C/C=C\CCCC#N)O[Si](c2ccccc2)(c2ccccc2)C(C)(C)C)O[C@H]1/C=C/C=O)(c1ccccc1)c1ccccc1. The van der Waals surface area contributed by atoms with Crippen LogP contribution < -0.4 is 20.7 Å². The number of hydrogen-bond acceptors (Lipinski definition) is 5. The van der Waals surface area contributed by atoms with Gasteiger partial charge in [0.05, 0.1) is 24.4 Å². The molecule has 5 rings (SSSR count). The van der Waals surface area contributed by atoms with Crippen molar-refractivity contribution in [2.24, 2.45) is 0 Å². The maximum absolute atomic E-state index is 11.8. The first kappa shape index (κ1) is 41.0. The van der Waals surface area contributed by atoms with E-state index in [2.05, 4.69) is 181 Å². The fourth-order valence-electron chi connectivity index (χ4n) is 8.15. The molecule has 4 aromatic rings. The molecule has 0 N–H and O–H groups in total. The lowest BCUT2D eigenvalue weighted by atomic mass is 10.0. The standard InChI is InChI=1S/C47H57NO4Si2/c1-46(2,3)53(38-25-14-10-15-26-38,39-27-16-11-17-28-39)51-43(33-22-8-7-9-23-35-48)44-37-45(42(50-44)34-24-36-49)52-54(47(4,5)6,40-29-18-12-19-30-40)41-31-20-13-21-32-41/h8,10-22,24-32,34,36,42-45H,7,9,23,33,37H2,1-6H3/b22-8-,34-24+/t42-,43+,44-,45-/m0/s1. The van der Waals surface area contributed by atoms with Crippen LogP contribution in [0.3, 0.4) is 0 Å². The number of unbranched alkanes of at least 4 members (excludes halogenated alkanes) is 2. The summed E-state index contributed by atoms with van der Waals surface area (Å²) in [5.41, 5.74) is 0. The number of nitrogens with zero attached hydrogens (tertiary/aromatic N) is 1. The number of ether oxygens (including phenoxy) is 1. The molecule has 1 saturated heterocycles. The molecule has 7 heteroatoms. The van der Waals surface area contributed by atoms with Crippen molar-refractivity contribution in [2.75, 3.05) is 0 Å². The Morgan fingerprint density at radius 3 is 1.63 bits per heavy atom. The third-order valence-corrected chi connectivity index (χ3v) is 20.8. The van der Waals surface area contributed by atoms with Crippen molar-refractivity contribution in [2.45, 2.75) is 108 Å². The van der Waals surface area contributed by atoms with Gasteiger partial charge in [0.1, 0.15) is 12.4 Å². The number of carbonyl (C=O) groups is 1. The summed E-state index contributed by atoms with van der Waals surface area (Å²) in [6, 6.07) is 45.1. The maximum atomic E-state index is 11.8. The minimum absolute atomic E-state index is 0.231. The van der Waals surface area contributed by atoms with Crippen molar-refractivity contribution < 1.29 is 18.4 Å². The maximum Gasteiger partial charge on any atom is 0.261 e. The van der Waals surface area contributed by atoms with Gasteiger partial charge in [-0.3, -0.25) is 4.79 Å². The van der Waals surface area contributed by atoms with E-state index < -0.39 is 22.7 Å². The summed E-state index contributed by atoms with van der Waals surface area (Å²) in [7, 11) is -5.94. The lowest BCUT2D eigenvalue weighted by Crippen LogP contribution is -2.68. The molecule has 0 radical (unpaired) electrons. The molecular formula is C47H57NO4Si2. The van der Waals surface area contributed by atoms with Gasteiger partial charge in [0.25, 0.3) is 16.6 Å². The summed E-state index contributed by atoms with van der Waals surface area (Å²) in [6.45, 7) is 13.8. The van der Waals surface area contributed by atoms with Crippen LogP contribution in [0.2, 0.25) is 10.1 Å². The third-order valence-electron chi connectivity index (χ3n) is 10.6. The fraction of sp³-hybridized carbons (Fsp3) is 0.362. The number of allylic oxidation sites excluding steroid dienone is 2. The van der Waals surface area contributed by atoms with Gasteiger partial charge in [-0.1, -0.05) is 181 Å². The molecule has 5 nitrogen and oxygen atoms in total. The second-order valence-corrected chi connectivity index (χ2v) is 24.8. The lowest BCUT2D eigenvalue weighted by Gasteiger charge is -2.46. The van der Waals surface area contributed by atoms with Gasteiger partial charge in [-0.05, 0) is 56.2 Å². The van der Waals surface area contributed by atoms with Crippen molar-refractivity contribution >= 4 is 43.7 Å². The minimum atomic E-state index is -2.98. The van der Waals surface area contributed by atoms with Gasteiger partial charge in [0.2, 0.25) is 0 Å². The van der Waals surface area contributed by atoms with Crippen molar-refractivity contribution in [1.82, 2.24) is 0 Å². The molecule has 1 fully saturated rings. The van der Waals surface area contributed by atoms with Gasteiger partial charge >= 0.3 is 0 Å². The number of aldehydes is 1. The third kappa shape index (κ3) is 9.02. The molecule has 54 heavy (non-hydrogen) atoms. The summed E-state index contributed by atoms with van der Waals surface area (Å²) >= 11 is 0. The van der Waals surface area contributed by atoms with Crippen LogP contribution in [-0.4, -0.2) is 47.3 Å². The molecule has 0 bridgehead atoms. The fourth-order valence-corrected chi connectivity index (χ4v) is 17.6. The Morgan fingerprint density at radius 2 is 1.20 bits per heavy atom. The largest absolute Gasteiger partial charge is 0.402 e. The highest BCUT2D eigenvalue weighted by Crippen LogP contribution is 2.43. The van der Waals surface area contributed by atoms with E-state index in [-0.39, 0.29) is 28.4 Å². The summed E-state index contributed by atoms with van der Waals surface area (Å²) in [4.78, 5) is 11.8. The minimum Gasteiger partial charge on any atom is -0.402 e. The van der Waals surface area contributed by atoms with Crippen LogP contribution in [0.25, 0.3) is 0 Å². The zero-order chi connectivity index (χ0) is 38.7.